The molecule has 1 aromatic carbocycles. The maximum Gasteiger partial charge on any atom is 0.328 e. The topological polar surface area (TPSA) is 134 Å². The second-order valence-electron chi connectivity index (χ2n) is 9.53. The minimum absolute atomic E-state index is 0.120. The van der Waals surface area contributed by atoms with Crippen molar-refractivity contribution >= 4 is 42.7 Å². The van der Waals surface area contributed by atoms with Gasteiger partial charge in [-0.2, -0.15) is 11.8 Å². The summed E-state index contributed by atoms with van der Waals surface area (Å²) in [7, 11) is 1.32. The van der Waals surface area contributed by atoms with E-state index < -0.39 is 24.1 Å². The van der Waals surface area contributed by atoms with Crippen molar-refractivity contribution in [2.75, 3.05) is 32.2 Å². The lowest BCUT2D eigenvalue weighted by atomic mass is 10.0. The predicted octanol–water partition coefficient (Wildman–Crippen LogP) is 1.17. The molecule has 3 amide bonds. The fourth-order valence-corrected chi connectivity index (χ4v) is 4.89. The highest BCUT2D eigenvalue weighted by atomic mass is 32.2. The molecule has 0 radical (unpaired) electrons. The zero-order valence-electron chi connectivity index (χ0n) is 22.8. The largest absolute Gasteiger partial charge is 0.467 e. The minimum atomic E-state index is -0.788. The van der Waals surface area contributed by atoms with Crippen molar-refractivity contribution in [1.82, 2.24) is 20.9 Å². The number of amides is 3. The van der Waals surface area contributed by atoms with Crippen LogP contribution in [-0.4, -0.2) is 92.3 Å². The van der Waals surface area contributed by atoms with Gasteiger partial charge in [0, 0.05) is 25.6 Å². The van der Waals surface area contributed by atoms with Crippen LogP contribution in [0.15, 0.2) is 30.3 Å². The average Bonchev–Trinajstić information content (AvgIpc) is 3.38. The van der Waals surface area contributed by atoms with Crippen molar-refractivity contribution in [3.63, 3.8) is 0 Å². The summed E-state index contributed by atoms with van der Waals surface area (Å²) in [5.74, 6) is 0.106. The van der Waals surface area contributed by atoms with Crippen LogP contribution >= 0.6 is 11.8 Å². The number of ether oxygens (including phenoxy) is 1. The van der Waals surface area contributed by atoms with E-state index in [2.05, 4.69) is 34.7 Å². The van der Waals surface area contributed by atoms with Gasteiger partial charge in [-0.15, -0.1) is 0 Å². The number of likely N-dealkylation sites (tertiary alicyclic amines) is 1. The molecule has 0 aliphatic carbocycles. The Kier molecular flexibility index (Phi) is 16.0. The summed E-state index contributed by atoms with van der Waals surface area (Å²) in [6.45, 7) is 7.28. The summed E-state index contributed by atoms with van der Waals surface area (Å²) in [6, 6.07) is 7.59. The third kappa shape index (κ3) is 11.2. The number of carbonyl (C=O) groups excluding carboxylic acids is 5. The molecule has 0 spiro atoms. The summed E-state index contributed by atoms with van der Waals surface area (Å²) >= 11 is 1.62. The van der Waals surface area contributed by atoms with Crippen LogP contribution in [0.5, 0.6) is 0 Å². The number of methoxy groups -OCH3 is 1. The number of rotatable bonds is 15. The summed E-state index contributed by atoms with van der Waals surface area (Å²) in [5, 5.41) is 8.55. The first kappa shape index (κ1) is 33.1. The lowest BCUT2D eigenvalue weighted by molar-refractivity contribution is -0.145. The molecule has 1 saturated heterocycles. The molecular weight excluding hydrogens is 508 g/mol. The molecule has 4 atom stereocenters. The highest BCUT2D eigenvalue weighted by Crippen LogP contribution is 2.19. The summed E-state index contributed by atoms with van der Waals surface area (Å²) < 4.78 is 4.96. The Morgan fingerprint density at radius 1 is 1.16 bits per heavy atom. The molecular formula is C27H42N4O6S. The zero-order valence-corrected chi connectivity index (χ0v) is 23.6. The van der Waals surface area contributed by atoms with Crippen molar-refractivity contribution in [2.24, 2.45) is 5.92 Å². The number of hydrogen-bond acceptors (Lipinski definition) is 8. The molecule has 1 aromatic rings. The van der Waals surface area contributed by atoms with Gasteiger partial charge in [-0.05, 0) is 42.8 Å². The number of esters is 1. The molecule has 1 fully saturated rings. The van der Waals surface area contributed by atoms with Gasteiger partial charge in [-0.3, -0.25) is 19.3 Å². The van der Waals surface area contributed by atoms with E-state index in [1.807, 2.05) is 43.4 Å². The van der Waals surface area contributed by atoms with Crippen molar-refractivity contribution in [3.8, 4) is 0 Å². The summed E-state index contributed by atoms with van der Waals surface area (Å²) in [5.41, 5.74) is 0.928. The molecule has 10 nitrogen and oxygen atoms in total. The molecule has 212 valence electrons. The number of nitrogens with zero attached hydrogens (tertiary/aromatic N) is 1. The first-order chi connectivity index (χ1) is 18.3. The Balaban J connectivity index is 0.00000352. The van der Waals surface area contributed by atoms with E-state index in [1.54, 1.807) is 11.8 Å². The van der Waals surface area contributed by atoms with E-state index in [0.29, 0.717) is 45.2 Å². The van der Waals surface area contributed by atoms with E-state index in [1.165, 1.54) is 7.11 Å². The van der Waals surface area contributed by atoms with Gasteiger partial charge in [0.1, 0.15) is 18.9 Å². The standard InChI is InChI=1S/C26H40N4O5S.CH2O/c1-18(2)14-23(25(33)29-22(26(34)35-3)15-19-8-6-5-7-9-19)30-12-10-20(16-30)28-24(32)21(27-17-31)11-13-36-4;1-2/h5-9,17-18,20-23H,10-16H2,1-4H3,(H,27,31)(H,28,32)(H,29,33);1H2/t20?,21-,22-,23-;/m0./s1. The normalized spacial score (nSPS) is 17.3. The lowest BCUT2D eigenvalue weighted by Crippen LogP contribution is -2.53. The molecule has 1 aliphatic rings. The van der Waals surface area contributed by atoms with Gasteiger partial charge in [-0.1, -0.05) is 44.2 Å². The van der Waals surface area contributed by atoms with E-state index in [9.17, 15) is 19.2 Å². The van der Waals surface area contributed by atoms with E-state index in [0.717, 1.165) is 11.3 Å². The maximum absolute atomic E-state index is 13.4. The average molecular weight is 551 g/mol. The first-order valence-electron chi connectivity index (χ1n) is 12.7. The fraction of sp³-hybridized carbons (Fsp3) is 0.593. The van der Waals surface area contributed by atoms with Crippen LogP contribution in [0.4, 0.5) is 0 Å². The third-order valence-corrected chi connectivity index (χ3v) is 6.93. The van der Waals surface area contributed by atoms with Crippen LogP contribution in [-0.2, 0) is 35.1 Å². The molecule has 0 saturated carbocycles. The SMILES string of the molecule is C=O.COC(=O)[C@H](Cc1ccccc1)NC(=O)[C@H](CC(C)C)N1CCC(NC(=O)[C@H](CCSC)NC=O)C1. The second kappa shape index (κ2) is 18.4. The minimum Gasteiger partial charge on any atom is -0.467 e. The molecule has 2 rings (SSSR count). The number of benzene rings is 1. The van der Waals surface area contributed by atoms with Gasteiger partial charge in [0.25, 0.3) is 0 Å². The Morgan fingerprint density at radius 3 is 2.42 bits per heavy atom. The number of nitrogens with one attached hydrogen (secondary N) is 3. The molecule has 11 heteroatoms. The van der Waals surface area contributed by atoms with E-state index >= 15 is 0 Å². The first-order valence-corrected chi connectivity index (χ1v) is 14.1. The van der Waals surface area contributed by atoms with Gasteiger partial charge in [-0.25, -0.2) is 4.79 Å². The number of thioether (sulfide) groups is 1. The maximum atomic E-state index is 13.4. The Labute approximate surface area is 230 Å². The van der Waals surface area contributed by atoms with Crippen molar-refractivity contribution < 1.29 is 28.7 Å². The smallest absolute Gasteiger partial charge is 0.328 e. The number of carbonyl (C=O) groups is 5. The van der Waals surface area contributed by atoms with Crippen LogP contribution in [0.1, 0.15) is 38.7 Å². The summed E-state index contributed by atoms with van der Waals surface area (Å²) in [6.07, 6.45) is 4.73. The monoisotopic (exact) mass is 550 g/mol. The van der Waals surface area contributed by atoms with Gasteiger partial charge in [0.15, 0.2) is 0 Å². The van der Waals surface area contributed by atoms with Crippen LogP contribution in [0.25, 0.3) is 0 Å². The Morgan fingerprint density at radius 2 is 1.84 bits per heavy atom. The zero-order chi connectivity index (χ0) is 28.5. The summed E-state index contributed by atoms with van der Waals surface area (Å²) in [4.78, 5) is 59.6. The molecule has 38 heavy (non-hydrogen) atoms. The predicted molar refractivity (Wildman–Crippen MR) is 149 cm³/mol. The number of hydrogen-bond donors (Lipinski definition) is 3. The van der Waals surface area contributed by atoms with Crippen molar-refractivity contribution in [3.05, 3.63) is 35.9 Å². The Bertz CT molecular complexity index is 872. The van der Waals surface area contributed by atoms with Gasteiger partial charge >= 0.3 is 5.97 Å². The van der Waals surface area contributed by atoms with Crippen molar-refractivity contribution in [1.29, 1.82) is 0 Å². The molecule has 0 aromatic heterocycles. The van der Waals surface area contributed by atoms with E-state index in [4.69, 9.17) is 9.53 Å². The molecule has 1 aliphatic heterocycles. The van der Waals surface area contributed by atoms with Crippen LogP contribution in [0, 0.1) is 5.92 Å². The van der Waals surface area contributed by atoms with Crippen LogP contribution in [0.2, 0.25) is 0 Å². The third-order valence-electron chi connectivity index (χ3n) is 6.29. The molecule has 0 bridgehead atoms. The molecule has 1 heterocycles. The molecule has 1 unspecified atom stereocenters. The second-order valence-corrected chi connectivity index (χ2v) is 10.5. The highest BCUT2D eigenvalue weighted by Gasteiger charge is 2.36. The van der Waals surface area contributed by atoms with Crippen LogP contribution in [0.3, 0.4) is 0 Å². The Hall–Kier alpha value is -2.92. The molecule has 3 N–H and O–H groups in total. The van der Waals surface area contributed by atoms with Crippen molar-refractivity contribution in [2.45, 2.75) is 63.7 Å². The van der Waals surface area contributed by atoms with Crippen LogP contribution < -0.4 is 16.0 Å². The van der Waals surface area contributed by atoms with Gasteiger partial charge in [0.2, 0.25) is 18.2 Å². The fourth-order valence-electron chi connectivity index (χ4n) is 4.42. The van der Waals surface area contributed by atoms with Gasteiger partial charge < -0.3 is 25.5 Å². The highest BCUT2D eigenvalue weighted by molar-refractivity contribution is 7.98. The lowest BCUT2D eigenvalue weighted by Gasteiger charge is -2.30. The quantitative estimate of drug-likeness (QED) is 0.219. The van der Waals surface area contributed by atoms with E-state index in [-0.39, 0.29) is 23.8 Å². The van der Waals surface area contributed by atoms with Gasteiger partial charge in [0.05, 0.1) is 13.2 Å².